The van der Waals surface area contributed by atoms with Crippen molar-refractivity contribution in [2.24, 2.45) is 0 Å². The van der Waals surface area contributed by atoms with E-state index in [4.69, 9.17) is 9.47 Å². The van der Waals surface area contributed by atoms with E-state index in [1.807, 2.05) is 6.08 Å². The van der Waals surface area contributed by atoms with Gasteiger partial charge in [0.05, 0.1) is 25.4 Å². The molecule has 1 aliphatic rings. The molecule has 236 valence electrons. The van der Waals surface area contributed by atoms with E-state index < -0.39 is 49.5 Å². The van der Waals surface area contributed by atoms with Crippen LogP contribution in [0.25, 0.3) is 0 Å². The average molecular weight is 574 g/mol. The van der Waals surface area contributed by atoms with Crippen LogP contribution in [0.1, 0.15) is 123 Å². The second-order valence-corrected chi connectivity index (χ2v) is 11.3. The van der Waals surface area contributed by atoms with Gasteiger partial charge >= 0.3 is 0 Å². The van der Waals surface area contributed by atoms with E-state index in [-0.39, 0.29) is 12.5 Å². The number of carbonyl (C=O) groups excluding carboxylic acids is 1. The third-order valence-corrected chi connectivity index (χ3v) is 7.61. The van der Waals surface area contributed by atoms with Crippen LogP contribution in [0.2, 0.25) is 0 Å². The highest BCUT2D eigenvalue weighted by Crippen LogP contribution is 2.22. The van der Waals surface area contributed by atoms with Crippen LogP contribution in [0.15, 0.2) is 12.2 Å². The Hall–Kier alpha value is -1.07. The minimum atomic E-state index is -1.56. The molecule has 0 bridgehead atoms. The molecule has 40 heavy (non-hydrogen) atoms. The number of carbonyl (C=O) groups is 1. The lowest BCUT2D eigenvalue weighted by atomic mass is 9.99. The Kier molecular flexibility index (Phi) is 21.7. The number of allylic oxidation sites excluding steroid dienone is 1. The highest BCUT2D eigenvalue weighted by molar-refractivity contribution is 5.76. The van der Waals surface area contributed by atoms with E-state index in [9.17, 15) is 30.3 Å². The molecule has 9 heteroatoms. The van der Waals surface area contributed by atoms with Crippen LogP contribution in [0.3, 0.4) is 0 Å². The first kappa shape index (κ1) is 37.0. The van der Waals surface area contributed by atoms with Crippen LogP contribution in [0.5, 0.6) is 0 Å². The van der Waals surface area contributed by atoms with Crippen LogP contribution in [0.4, 0.5) is 0 Å². The van der Waals surface area contributed by atoms with Gasteiger partial charge in [-0.05, 0) is 19.3 Å². The number of rotatable bonds is 24. The summed E-state index contributed by atoms with van der Waals surface area (Å²) >= 11 is 0. The Labute approximate surface area is 242 Å². The first-order valence-electron chi connectivity index (χ1n) is 15.9. The molecule has 7 unspecified atom stereocenters. The molecule has 0 aromatic heterocycles. The number of aliphatic hydroxyl groups excluding tert-OH is 5. The zero-order chi connectivity index (χ0) is 29.6. The molecule has 0 saturated carbocycles. The van der Waals surface area contributed by atoms with Crippen LogP contribution >= 0.6 is 0 Å². The first-order valence-corrected chi connectivity index (χ1v) is 15.9. The molecule has 1 fully saturated rings. The molecule has 0 aromatic rings. The van der Waals surface area contributed by atoms with Gasteiger partial charge in [-0.1, -0.05) is 109 Å². The summed E-state index contributed by atoms with van der Waals surface area (Å²) in [6, 6.07) is -0.792. The van der Waals surface area contributed by atoms with Gasteiger partial charge in [-0.15, -0.1) is 0 Å². The van der Waals surface area contributed by atoms with Gasteiger partial charge in [0.1, 0.15) is 24.4 Å². The number of hydrogen-bond donors (Lipinski definition) is 6. The van der Waals surface area contributed by atoms with Crippen molar-refractivity contribution >= 4 is 5.91 Å². The molecule has 6 N–H and O–H groups in total. The number of nitrogens with one attached hydrogen (secondary N) is 1. The summed E-state index contributed by atoms with van der Waals surface area (Å²) in [6.07, 6.45) is 14.2. The Morgan fingerprint density at radius 1 is 0.825 bits per heavy atom. The maximum Gasteiger partial charge on any atom is 0.220 e. The second kappa shape index (κ2) is 23.5. The SMILES string of the molecule is CCCCCCCCCC/C=C/C(O)C(COC1OC(CO)C(O)C(O)C1O)NC(=O)CCCCCCCCC. The number of unbranched alkanes of at least 4 members (excludes halogenated alkanes) is 14. The molecular formula is C31H59NO8. The zero-order valence-corrected chi connectivity index (χ0v) is 25.1. The van der Waals surface area contributed by atoms with Gasteiger partial charge in [0.2, 0.25) is 5.91 Å². The summed E-state index contributed by atoms with van der Waals surface area (Å²) in [5.41, 5.74) is 0. The van der Waals surface area contributed by atoms with E-state index >= 15 is 0 Å². The number of aliphatic hydroxyl groups is 5. The predicted octanol–water partition coefficient (Wildman–Crippen LogP) is 3.88. The van der Waals surface area contributed by atoms with Gasteiger partial charge in [0.15, 0.2) is 6.29 Å². The maximum absolute atomic E-state index is 12.7. The quantitative estimate of drug-likeness (QED) is 0.0753. The molecule has 0 radical (unpaired) electrons. The van der Waals surface area contributed by atoms with Crippen LogP contribution in [0, 0.1) is 0 Å². The minimum Gasteiger partial charge on any atom is -0.394 e. The predicted molar refractivity (Wildman–Crippen MR) is 157 cm³/mol. The maximum atomic E-state index is 12.7. The van der Waals surface area contributed by atoms with Crippen LogP contribution in [-0.2, 0) is 14.3 Å². The average Bonchev–Trinajstić information content (AvgIpc) is 2.95. The largest absolute Gasteiger partial charge is 0.394 e. The smallest absolute Gasteiger partial charge is 0.220 e. The van der Waals surface area contributed by atoms with Crippen LogP contribution in [-0.4, -0.2) is 87.5 Å². The molecule has 0 aromatic carbocycles. The zero-order valence-electron chi connectivity index (χ0n) is 25.1. The van der Waals surface area contributed by atoms with Crippen molar-refractivity contribution in [2.45, 2.75) is 166 Å². The van der Waals surface area contributed by atoms with Gasteiger partial charge in [0.25, 0.3) is 0 Å². The molecule has 0 aliphatic carbocycles. The normalized spacial score (nSPS) is 24.8. The lowest BCUT2D eigenvalue weighted by molar-refractivity contribution is -0.302. The van der Waals surface area contributed by atoms with Gasteiger partial charge in [-0.25, -0.2) is 0 Å². The lowest BCUT2D eigenvalue weighted by Gasteiger charge is -2.40. The fraction of sp³-hybridized carbons (Fsp3) is 0.903. The second-order valence-electron chi connectivity index (χ2n) is 11.3. The molecule has 0 spiro atoms. The third kappa shape index (κ3) is 15.8. The van der Waals surface area contributed by atoms with Crippen molar-refractivity contribution < 1.29 is 39.8 Å². The highest BCUT2D eigenvalue weighted by atomic mass is 16.7. The molecule has 1 saturated heterocycles. The van der Waals surface area contributed by atoms with Crippen molar-refractivity contribution in [2.75, 3.05) is 13.2 Å². The van der Waals surface area contributed by atoms with Gasteiger partial charge in [-0.3, -0.25) is 4.79 Å². The number of hydrogen-bond acceptors (Lipinski definition) is 8. The lowest BCUT2D eigenvalue weighted by Crippen LogP contribution is -2.60. The van der Waals surface area contributed by atoms with E-state index in [1.54, 1.807) is 6.08 Å². The summed E-state index contributed by atoms with van der Waals surface area (Å²) in [4.78, 5) is 12.7. The molecule has 1 amide bonds. The standard InChI is InChI=1S/C31H59NO8/c1-3-5-7-9-11-12-13-15-16-18-20-25(34)24(32-27(35)21-19-17-14-10-8-6-4-2)23-39-31-30(38)29(37)28(36)26(22-33)40-31/h18,20,24-26,28-31,33-34,36-38H,3-17,19,21-23H2,1-2H3,(H,32,35)/b20-18+. The Balaban J connectivity index is 2.58. The van der Waals surface area contributed by atoms with Crippen molar-refractivity contribution in [1.29, 1.82) is 0 Å². The summed E-state index contributed by atoms with van der Waals surface area (Å²) in [6.45, 7) is 3.65. The number of ether oxygens (including phenoxy) is 2. The van der Waals surface area contributed by atoms with E-state index in [1.165, 1.54) is 64.2 Å². The summed E-state index contributed by atoms with van der Waals surface area (Å²) in [5, 5.41) is 53.4. The van der Waals surface area contributed by atoms with E-state index in [0.717, 1.165) is 38.5 Å². The van der Waals surface area contributed by atoms with Crippen molar-refractivity contribution in [1.82, 2.24) is 5.32 Å². The highest BCUT2D eigenvalue weighted by Gasteiger charge is 2.44. The Bertz CT molecular complexity index is 647. The summed E-state index contributed by atoms with van der Waals surface area (Å²) in [7, 11) is 0. The monoisotopic (exact) mass is 573 g/mol. The first-order chi connectivity index (χ1) is 19.3. The van der Waals surface area contributed by atoms with E-state index in [2.05, 4.69) is 19.2 Å². The molecule has 1 aliphatic heterocycles. The fourth-order valence-corrected chi connectivity index (χ4v) is 4.92. The summed E-state index contributed by atoms with van der Waals surface area (Å²) < 4.78 is 11.1. The van der Waals surface area contributed by atoms with Gasteiger partial charge in [-0.2, -0.15) is 0 Å². The minimum absolute atomic E-state index is 0.186. The molecule has 7 atom stereocenters. The number of amides is 1. The molecule has 1 heterocycles. The summed E-state index contributed by atoms with van der Waals surface area (Å²) in [5.74, 6) is -0.188. The van der Waals surface area contributed by atoms with Crippen molar-refractivity contribution in [3.8, 4) is 0 Å². The van der Waals surface area contributed by atoms with Crippen molar-refractivity contribution in [3.63, 3.8) is 0 Å². The van der Waals surface area contributed by atoms with E-state index in [0.29, 0.717) is 6.42 Å². The van der Waals surface area contributed by atoms with Crippen LogP contribution < -0.4 is 5.32 Å². The van der Waals surface area contributed by atoms with Gasteiger partial charge < -0.3 is 40.3 Å². The Morgan fingerprint density at radius 2 is 1.38 bits per heavy atom. The third-order valence-electron chi connectivity index (χ3n) is 7.61. The Morgan fingerprint density at radius 3 is 1.95 bits per heavy atom. The van der Waals surface area contributed by atoms with Gasteiger partial charge in [0, 0.05) is 6.42 Å². The fourth-order valence-electron chi connectivity index (χ4n) is 4.92. The molecule has 9 nitrogen and oxygen atoms in total. The topological polar surface area (TPSA) is 149 Å². The molecule has 1 rings (SSSR count). The molecular weight excluding hydrogens is 514 g/mol. The van der Waals surface area contributed by atoms with Crippen molar-refractivity contribution in [3.05, 3.63) is 12.2 Å².